The lowest BCUT2D eigenvalue weighted by atomic mass is 10.2. The highest BCUT2D eigenvalue weighted by Gasteiger charge is 2.11. The van der Waals surface area contributed by atoms with Crippen molar-refractivity contribution >= 4 is 51.8 Å². The largest absolute Gasteiger partial charge is 0.352 e. The Kier molecular flexibility index (Phi) is 9.94. The zero-order valence-corrected chi connectivity index (χ0v) is 20.8. The van der Waals surface area contributed by atoms with Crippen molar-refractivity contribution in [2.75, 3.05) is 20.6 Å². The Morgan fingerprint density at radius 1 is 1.21 bits per heavy atom. The first-order valence-corrected chi connectivity index (χ1v) is 9.53. The summed E-state index contributed by atoms with van der Waals surface area (Å²) in [4.78, 5) is 18.1. The Morgan fingerprint density at radius 3 is 2.39 bits per heavy atom. The van der Waals surface area contributed by atoms with Crippen LogP contribution in [0.15, 0.2) is 33.7 Å². The van der Waals surface area contributed by atoms with Gasteiger partial charge in [-0.25, -0.2) is 4.99 Å². The van der Waals surface area contributed by atoms with Crippen molar-refractivity contribution in [1.82, 2.24) is 25.3 Å². The number of nitrogens with zero attached hydrogens (tertiary/aromatic N) is 4. The van der Waals surface area contributed by atoms with Crippen LogP contribution in [0.5, 0.6) is 0 Å². The molecule has 0 atom stereocenters. The standard InChI is InChI=1S/C19H27BrN6O.HI/c1-13-17(14(2)26(5)24-13)11-22-19(23-12-18(27)25(3)4)21-10-15-6-8-16(20)9-7-15;/h6-9H,10-12H2,1-5H3,(H2,21,22,23);1H. The van der Waals surface area contributed by atoms with Gasteiger partial charge in [-0.15, -0.1) is 24.0 Å². The molecule has 0 spiro atoms. The van der Waals surface area contributed by atoms with E-state index in [2.05, 4.69) is 36.7 Å². The summed E-state index contributed by atoms with van der Waals surface area (Å²) < 4.78 is 2.90. The molecular formula is C19H28BrIN6O. The third-order valence-electron chi connectivity index (χ3n) is 4.33. The zero-order valence-electron chi connectivity index (χ0n) is 16.9. The molecule has 28 heavy (non-hydrogen) atoms. The molecule has 2 N–H and O–H groups in total. The van der Waals surface area contributed by atoms with Crippen molar-refractivity contribution in [3.8, 4) is 0 Å². The number of carbonyl (C=O) groups is 1. The summed E-state index contributed by atoms with van der Waals surface area (Å²) in [6.45, 7) is 5.33. The number of hydrogen-bond donors (Lipinski definition) is 2. The molecule has 0 aliphatic heterocycles. The van der Waals surface area contributed by atoms with Crippen LogP contribution in [-0.2, 0) is 24.9 Å². The van der Waals surface area contributed by atoms with Gasteiger partial charge in [0.05, 0.1) is 18.8 Å². The number of benzene rings is 1. The van der Waals surface area contributed by atoms with Crippen molar-refractivity contribution in [2.45, 2.75) is 26.9 Å². The molecule has 9 heteroatoms. The maximum absolute atomic E-state index is 11.9. The quantitative estimate of drug-likeness (QED) is 0.322. The smallest absolute Gasteiger partial charge is 0.241 e. The zero-order chi connectivity index (χ0) is 20.0. The average Bonchev–Trinajstić information content (AvgIpc) is 2.87. The molecule has 1 aromatic carbocycles. The van der Waals surface area contributed by atoms with E-state index in [1.807, 2.05) is 49.8 Å². The lowest BCUT2D eigenvalue weighted by Crippen LogP contribution is -2.42. The number of carbonyl (C=O) groups excluding carboxylic acids is 1. The molecule has 0 aliphatic carbocycles. The van der Waals surface area contributed by atoms with Gasteiger partial charge in [-0.2, -0.15) is 5.10 Å². The fraction of sp³-hybridized carbons (Fsp3) is 0.421. The van der Waals surface area contributed by atoms with Crippen LogP contribution in [0.1, 0.15) is 22.5 Å². The van der Waals surface area contributed by atoms with Crippen molar-refractivity contribution in [3.63, 3.8) is 0 Å². The van der Waals surface area contributed by atoms with E-state index in [9.17, 15) is 4.79 Å². The van der Waals surface area contributed by atoms with E-state index >= 15 is 0 Å². The number of halogens is 2. The lowest BCUT2D eigenvalue weighted by molar-refractivity contribution is -0.127. The second-order valence-electron chi connectivity index (χ2n) is 6.56. The highest BCUT2D eigenvalue weighted by Crippen LogP contribution is 2.12. The second kappa shape index (κ2) is 11.4. The van der Waals surface area contributed by atoms with Gasteiger partial charge < -0.3 is 15.5 Å². The molecule has 7 nitrogen and oxygen atoms in total. The van der Waals surface area contributed by atoms with E-state index in [0.29, 0.717) is 19.0 Å². The summed E-state index contributed by atoms with van der Waals surface area (Å²) in [5.41, 5.74) is 4.32. The van der Waals surface area contributed by atoms with Crippen molar-refractivity contribution in [1.29, 1.82) is 0 Å². The number of rotatable bonds is 6. The highest BCUT2D eigenvalue weighted by atomic mass is 127. The molecular weight excluding hydrogens is 535 g/mol. The van der Waals surface area contributed by atoms with Gasteiger partial charge in [0.25, 0.3) is 0 Å². The van der Waals surface area contributed by atoms with Crippen LogP contribution in [0.4, 0.5) is 0 Å². The molecule has 0 bridgehead atoms. The molecule has 0 aliphatic rings. The van der Waals surface area contributed by atoms with Crippen LogP contribution in [0.2, 0.25) is 0 Å². The number of aryl methyl sites for hydroxylation is 2. The van der Waals surface area contributed by atoms with Gasteiger partial charge >= 0.3 is 0 Å². The summed E-state index contributed by atoms with van der Waals surface area (Å²) in [5.74, 6) is 0.581. The van der Waals surface area contributed by atoms with E-state index in [1.165, 1.54) is 0 Å². The highest BCUT2D eigenvalue weighted by molar-refractivity contribution is 14.0. The van der Waals surface area contributed by atoms with E-state index in [0.717, 1.165) is 27.0 Å². The van der Waals surface area contributed by atoms with Gasteiger partial charge in [0.2, 0.25) is 5.91 Å². The maximum Gasteiger partial charge on any atom is 0.241 e. The number of amides is 1. The Labute approximate surface area is 192 Å². The molecule has 1 aromatic heterocycles. The monoisotopic (exact) mass is 562 g/mol. The van der Waals surface area contributed by atoms with Crippen molar-refractivity contribution in [3.05, 3.63) is 51.3 Å². The van der Waals surface area contributed by atoms with Gasteiger partial charge in [-0.05, 0) is 31.5 Å². The van der Waals surface area contributed by atoms with Crippen LogP contribution in [-0.4, -0.2) is 47.2 Å². The molecule has 154 valence electrons. The van der Waals surface area contributed by atoms with Crippen molar-refractivity contribution in [2.24, 2.45) is 12.0 Å². The molecule has 0 saturated carbocycles. The summed E-state index contributed by atoms with van der Waals surface area (Å²) in [5, 5.41) is 10.9. The lowest BCUT2D eigenvalue weighted by Gasteiger charge is -2.15. The van der Waals surface area contributed by atoms with Gasteiger partial charge in [0.15, 0.2) is 5.96 Å². The van der Waals surface area contributed by atoms with Gasteiger partial charge in [0.1, 0.15) is 0 Å². The first-order valence-electron chi connectivity index (χ1n) is 8.73. The first kappa shape index (κ1) is 24.4. The molecule has 1 amide bonds. The maximum atomic E-state index is 11.9. The van der Waals surface area contributed by atoms with Crippen LogP contribution in [0, 0.1) is 13.8 Å². The predicted molar refractivity (Wildman–Crippen MR) is 127 cm³/mol. The topological polar surface area (TPSA) is 74.5 Å². The van der Waals surface area contributed by atoms with Gasteiger partial charge in [0, 0.05) is 43.4 Å². The molecule has 1 heterocycles. The Morgan fingerprint density at radius 2 is 1.86 bits per heavy atom. The molecule has 0 unspecified atom stereocenters. The minimum Gasteiger partial charge on any atom is -0.352 e. The molecule has 0 fully saturated rings. The number of aromatic nitrogens is 2. The third-order valence-corrected chi connectivity index (χ3v) is 4.86. The summed E-state index contributed by atoms with van der Waals surface area (Å²) in [6.07, 6.45) is 0. The van der Waals surface area contributed by atoms with E-state index in [4.69, 9.17) is 0 Å². The number of guanidine groups is 1. The third kappa shape index (κ3) is 7.08. The Balaban J connectivity index is 0.00000392. The first-order chi connectivity index (χ1) is 12.8. The minimum absolute atomic E-state index is 0. The van der Waals surface area contributed by atoms with Crippen LogP contribution in [0.25, 0.3) is 0 Å². The van der Waals surface area contributed by atoms with E-state index < -0.39 is 0 Å². The Bertz CT molecular complexity index is 817. The predicted octanol–water partition coefficient (Wildman–Crippen LogP) is 2.74. The number of hydrogen-bond acceptors (Lipinski definition) is 3. The Hall–Kier alpha value is -1.62. The summed E-state index contributed by atoms with van der Waals surface area (Å²) in [7, 11) is 5.40. The molecule has 0 saturated heterocycles. The number of likely N-dealkylation sites (N-methyl/N-ethyl adjacent to an activating group) is 1. The second-order valence-corrected chi connectivity index (χ2v) is 7.48. The summed E-state index contributed by atoms with van der Waals surface area (Å²) in [6, 6.07) is 8.02. The van der Waals surface area contributed by atoms with E-state index in [-0.39, 0.29) is 36.4 Å². The van der Waals surface area contributed by atoms with Gasteiger partial charge in [-0.1, -0.05) is 28.1 Å². The fourth-order valence-electron chi connectivity index (χ4n) is 2.50. The van der Waals surface area contributed by atoms with Crippen LogP contribution < -0.4 is 10.6 Å². The molecule has 2 aromatic rings. The van der Waals surface area contributed by atoms with Crippen molar-refractivity contribution < 1.29 is 4.79 Å². The van der Waals surface area contributed by atoms with Crippen LogP contribution in [0.3, 0.4) is 0 Å². The normalized spacial score (nSPS) is 11.0. The SMILES string of the molecule is Cc1nn(C)c(C)c1CNC(=NCc1ccc(Br)cc1)NCC(=O)N(C)C.I. The number of aliphatic imine (C=N–C) groups is 1. The van der Waals surface area contributed by atoms with E-state index in [1.54, 1.807) is 19.0 Å². The molecule has 2 rings (SSSR count). The fourth-order valence-corrected chi connectivity index (χ4v) is 2.76. The van der Waals surface area contributed by atoms with Gasteiger partial charge in [-0.3, -0.25) is 9.48 Å². The molecule has 0 radical (unpaired) electrons. The number of nitrogens with one attached hydrogen (secondary N) is 2. The average molecular weight is 563 g/mol. The summed E-state index contributed by atoms with van der Waals surface area (Å²) >= 11 is 3.44. The minimum atomic E-state index is -0.0121. The van der Waals surface area contributed by atoms with Crippen LogP contribution >= 0.6 is 39.9 Å².